The first-order valence-electron chi connectivity index (χ1n) is 5.16. The van der Waals surface area contributed by atoms with Crippen LogP contribution in [0.4, 0.5) is 0 Å². The molecule has 0 amide bonds. The summed E-state index contributed by atoms with van der Waals surface area (Å²) in [6.45, 7) is 7.87. The second-order valence-corrected chi connectivity index (χ2v) is 5.10. The summed E-state index contributed by atoms with van der Waals surface area (Å²) in [6.07, 6.45) is 0.917. The molecule has 4 heteroatoms. The fourth-order valence-corrected chi connectivity index (χ4v) is 0.936. The molecule has 0 atom stereocenters. The van der Waals surface area contributed by atoms with Crippen LogP contribution in [0.15, 0.2) is 0 Å². The number of hydrogen-bond donors (Lipinski definition) is 1. The quantitative estimate of drug-likeness (QED) is 0.684. The van der Waals surface area contributed by atoms with E-state index in [1.54, 1.807) is 21.0 Å². The summed E-state index contributed by atoms with van der Waals surface area (Å²) in [4.78, 5) is 11.3. The second-order valence-electron chi connectivity index (χ2n) is 5.10. The van der Waals surface area contributed by atoms with Gasteiger partial charge in [-0.3, -0.25) is 4.79 Å². The number of carbonyl (C=O) groups is 1. The molecule has 0 rings (SSSR count). The van der Waals surface area contributed by atoms with Crippen molar-refractivity contribution < 1.29 is 14.3 Å². The summed E-state index contributed by atoms with van der Waals surface area (Å²) < 4.78 is 10.3. The number of hydrogen-bond acceptors (Lipinski definition) is 4. The Morgan fingerprint density at radius 1 is 1.27 bits per heavy atom. The van der Waals surface area contributed by atoms with Gasteiger partial charge in [0.1, 0.15) is 0 Å². The summed E-state index contributed by atoms with van der Waals surface area (Å²) in [7, 11) is 1.64. The Labute approximate surface area is 92.1 Å². The molecule has 0 heterocycles. The molecule has 0 aliphatic rings. The van der Waals surface area contributed by atoms with Gasteiger partial charge in [-0.2, -0.15) is 0 Å². The summed E-state index contributed by atoms with van der Waals surface area (Å²) in [5, 5.41) is 0. The van der Waals surface area contributed by atoms with Crippen molar-refractivity contribution >= 4 is 5.97 Å². The normalized spacial score (nSPS) is 12.7. The topological polar surface area (TPSA) is 61.5 Å². The molecule has 4 nitrogen and oxygen atoms in total. The number of ether oxygens (including phenoxy) is 2. The van der Waals surface area contributed by atoms with Crippen LogP contribution < -0.4 is 5.73 Å². The Morgan fingerprint density at radius 3 is 2.20 bits per heavy atom. The maximum Gasteiger partial charge on any atom is 0.307 e. The summed E-state index contributed by atoms with van der Waals surface area (Å²) in [5.74, 6) is -0.255. The predicted octanol–water partition coefficient (Wildman–Crippen LogP) is 1.47. The second kappa shape index (κ2) is 5.47. The van der Waals surface area contributed by atoms with E-state index in [-0.39, 0.29) is 18.0 Å². The molecule has 0 saturated heterocycles. The first kappa shape index (κ1) is 14.4. The maximum atomic E-state index is 11.3. The minimum atomic E-state index is -0.506. The van der Waals surface area contributed by atoms with Gasteiger partial charge in [-0.15, -0.1) is 0 Å². The summed E-state index contributed by atoms with van der Waals surface area (Å²) >= 11 is 0. The third-order valence-corrected chi connectivity index (χ3v) is 2.12. The Bertz CT molecular complexity index is 206. The van der Waals surface area contributed by atoms with Crippen molar-refractivity contribution in [1.82, 2.24) is 0 Å². The van der Waals surface area contributed by atoms with Crippen LogP contribution >= 0.6 is 0 Å². The molecule has 15 heavy (non-hydrogen) atoms. The van der Waals surface area contributed by atoms with Crippen LogP contribution in [0.25, 0.3) is 0 Å². The van der Waals surface area contributed by atoms with Crippen molar-refractivity contribution in [2.24, 2.45) is 5.73 Å². The van der Waals surface area contributed by atoms with Gasteiger partial charge in [0.25, 0.3) is 0 Å². The predicted molar refractivity (Wildman–Crippen MR) is 59.5 cm³/mol. The molecule has 0 bridgehead atoms. The van der Waals surface area contributed by atoms with Crippen LogP contribution in [0.2, 0.25) is 0 Å². The van der Waals surface area contributed by atoms with E-state index in [1.165, 1.54) is 0 Å². The van der Waals surface area contributed by atoms with Gasteiger partial charge in [0.2, 0.25) is 0 Å². The number of rotatable bonds is 6. The molecule has 0 fully saturated rings. The largest absolute Gasteiger partial charge is 0.466 e. The third kappa shape index (κ3) is 8.39. The van der Waals surface area contributed by atoms with Crippen LogP contribution in [0.3, 0.4) is 0 Å². The van der Waals surface area contributed by atoms with Gasteiger partial charge in [-0.1, -0.05) is 0 Å². The highest BCUT2D eigenvalue weighted by Crippen LogP contribution is 2.13. The zero-order valence-electron chi connectivity index (χ0n) is 10.4. The van der Waals surface area contributed by atoms with E-state index in [1.807, 2.05) is 13.8 Å². The van der Waals surface area contributed by atoms with Crippen molar-refractivity contribution in [2.45, 2.75) is 51.7 Å². The third-order valence-electron chi connectivity index (χ3n) is 2.12. The molecule has 2 N–H and O–H groups in total. The Balaban J connectivity index is 3.74. The van der Waals surface area contributed by atoms with Gasteiger partial charge in [-0.05, 0) is 27.7 Å². The van der Waals surface area contributed by atoms with E-state index in [4.69, 9.17) is 15.2 Å². The van der Waals surface area contributed by atoms with Gasteiger partial charge in [0.15, 0.2) is 0 Å². The van der Waals surface area contributed by atoms with Gasteiger partial charge in [0, 0.05) is 19.1 Å². The zero-order chi connectivity index (χ0) is 12.1. The number of methoxy groups -OCH3 is 1. The molecular weight excluding hydrogens is 194 g/mol. The molecular formula is C11H23NO3. The van der Waals surface area contributed by atoms with Crippen molar-refractivity contribution in [2.75, 3.05) is 13.7 Å². The summed E-state index contributed by atoms with van der Waals surface area (Å²) in [5.41, 5.74) is 4.94. The zero-order valence-corrected chi connectivity index (χ0v) is 10.4. The van der Waals surface area contributed by atoms with E-state index >= 15 is 0 Å². The van der Waals surface area contributed by atoms with Gasteiger partial charge in [-0.25, -0.2) is 0 Å². The smallest absolute Gasteiger partial charge is 0.307 e. The lowest BCUT2D eigenvalue weighted by Crippen LogP contribution is -2.35. The highest BCUT2D eigenvalue weighted by Gasteiger charge is 2.20. The first-order valence-corrected chi connectivity index (χ1v) is 5.16. The Kier molecular flexibility index (Phi) is 5.24. The van der Waals surface area contributed by atoms with E-state index in [0.29, 0.717) is 13.0 Å². The minimum Gasteiger partial charge on any atom is -0.466 e. The molecule has 0 saturated carbocycles. The Morgan fingerprint density at radius 2 is 1.80 bits per heavy atom. The molecule has 0 aromatic carbocycles. The first-order chi connectivity index (χ1) is 6.66. The Hall–Kier alpha value is -0.610. The minimum absolute atomic E-state index is 0.237. The average molecular weight is 217 g/mol. The van der Waals surface area contributed by atoms with Crippen molar-refractivity contribution in [3.63, 3.8) is 0 Å². The van der Waals surface area contributed by atoms with E-state index in [0.717, 1.165) is 0 Å². The molecule has 0 unspecified atom stereocenters. The van der Waals surface area contributed by atoms with Crippen LogP contribution in [0.5, 0.6) is 0 Å². The van der Waals surface area contributed by atoms with E-state index < -0.39 is 5.54 Å². The monoisotopic (exact) mass is 217 g/mol. The number of esters is 1. The molecule has 0 spiro atoms. The highest BCUT2D eigenvalue weighted by atomic mass is 16.5. The molecule has 0 aromatic heterocycles. The van der Waals surface area contributed by atoms with Gasteiger partial charge >= 0.3 is 5.97 Å². The fraction of sp³-hybridized carbons (Fsp3) is 0.909. The number of carbonyl (C=O) groups excluding carboxylic acids is 1. The number of nitrogens with two attached hydrogens (primary N) is 1. The molecule has 0 radical (unpaired) electrons. The lowest BCUT2D eigenvalue weighted by atomic mass is 10.0. The maximum absolute atomic E-state index is 11.3. The lowest BCUT2D eigenvalue weighted by molar-refractivity contribution is -0.146. The van der Waals surface area contributed by atoms with Crippen LogP contribution in [0, 0.1) is 0 Å². The van der Waals surface area contributed by atoms with Crippen LogP contribution in [-0.2, 0) is 14.3 Å². The molecule has 90 valence electrons. The highest BCUT2D eigenvalue weighted by molar-refractivity contribution is 5.70. The molecule has 0 aliphatic carbocycles. The van der Waals surface area contributed by atoms with E-state index in [9.17, 15) is 4.79 Å². The van der Waals surface area contributed by atoms with E-state index in [2.05, 4.69) is 0 Å². The van der Waals surface area contributed by atoms with Gasteiger partial charge < -0.3 is 15.2 Å². The van der Waals surface area contributed by atoms with Crippen LogP contribution in [-0.4, -0.2) is 30.8 Å². The summed E-state index contributed by atoms with van der Waals surface area (Å²) in [6, 6.07) is 0. The SMILES string of the molecule is COC(C)(C)CCOC(=O)CC(C)(C)N. The lowest BCUT2D eigenvalue weighted by Gasteiger charge is -2.23. The molecule has 0 aliphatic heterocycles. The average Bonchev–Trinajstić information content (AvgIpc) is 2.00. The van der Waals surface area contributed by atoms with Crippen molar-refractivity contribution in [1.29, 1.82) is 0 Å². The fourth-order valence-electron chi connectivity index (χ4n) is 0.936. The molecule has 0 aromatic rings. The van der Waals surface area contributed by atoms with Crippen molar-refractivity contribution in [3.05, 3.63) is 0 Å². The van der Waals surface area contributed by atoms with Crippen molar-refractivity contribution in [3.8, 4) is 0 Å². The standard InChI is InChI=1S/C11H23NO3/c1-10(2,12)8-9(13)15-7-6-11(3,4)14-5/h6-8,12H2,1-5H3. The van der Waals surface area contributed by atoms with Gasteiger partial charge in [0.05, 0.1) is 18.6 Å². The van der Waals surface area contributed by atoms with Crippen LogP contribution in [0.1, 0.15) is 40.5 Å².